The fourth-order valence-corrected chi connectivity index (χ4v) is 2.97. The molecule has 0 fully saturated rings. The van der Waals surface area contributed by atoms with Crippen molar-refractivity contribution in [2.75, 3.05) is 0 Å². The van der Waals surface area contributed by atoms with Gasteiger partial charge in [0.25, 0.3) is 0 Å². The molecule has 2 heteroatoms. The molecular weight excluding hydrogens is 214 g/mol. The lowest BCUT2D eigenvalue weighted by atomic mass is 9.96. The van der Waals surface area contributed by atoms with Crippen LogP contribution in [0.4, 0.5) is 0 Å². The minimum atomic E-state index is 0.0138. The first kappa shape index (κ1) is 11.4. The SMILES string of the molecule is Cc1ccc(C(N)c2c(C)cccc2C)s1. The number of hydrogen-bond donors (Lipinski definition) is 1. The van der Waals surface area contributed by atoms with Crippen LogP contribution in [0.5, 0.6) is 0 Å². The van der Waals surface area contributed by atoms with Crippen LogP contribution in [0.1, 0.15) is 32.5 Å². The first-order chi connectivity index (χ1) is 7.59. The number of nitrogens with two attached hydrogens (primary N) is 1. The van der Waals surface area contributed by atoms with Crippen LogP contribution in [0, 0.1) is 20.8 Å². The van der Waals surface area contributed by atoms with Gasteiger partial charge in [-0.05, 0) is 49.6 Å². The summed E-state index contributed by atoms with van der Waals surface area (Å²) < 4.78 is 0. The number of hydrogen-bond acceptors (Lipinski definition) is 2. The van der Waals surface area contributed by atoms with E-state index in [0.29, 0.717) is 0 Å². The second-order valence-corrected chi connectivity index (χ2v) is 5.55. The molecule has 0 amide bonds. The summed E-state index contributed by atoms with van der Waals surface area (Å²) >= 11 is 1.78. The minimum absolute atomic E-state index is 0.0138. The molecule has 0 saturated carbocycles. The van der Waals surface area contributed by atoms with Crippen LogP contribution in [-0.2, 0) is 0 Å². The Balaban J connectivity index is 2.45. The van der Waals surface area contributed by atoms with Crippen LogP contribution in [0.25, 0.3) is 0 Å². The Bertz CT molecular complexity index is 479. The summed E-state index contributed by atoms with van der Waals surface area (Å²) in [5.74, 6) is 0. The largest absolute Gasteiger partial charge is 0.320 e. The molecule has 0 radical (unpaired) electrons. The maximum atomic E-state index is 6.34. The minimum Gasteiger partial charge on any atom is -0.320 e. The van der Waals surface area contributed by atoms with Crippen molar-refractivity contribution in [1.29, 1.82) is 0 Å². The van der Waals surface area contributed by atoms with Crippen molar-refractivity contribution in [3.05, 3.63) is 56.8 Å². The van der Waals surface area contributed by atoms with E-state index in [1.54, 1.807) is 11.3 Å². The van der Waals surface area contributed by atoms with Crippen molar-refractivity contribution in [3.63, 3.8) is 0 Å². The highest BCUT2D eigenvalue weighted by molar-refractivity contribution is 7.12. The molecule has 16 heavy (non-hydrogen) atoms. The highest BCUT2D eigenvalue weighted by atomic mass is 32.1. The molecule has 2 aromatic rings. The molecule has 0 spiro atoms. The lowest BCUT2D eigenvalue weighted by Crippen LogP contribution is -2.13. The Hall–Kier alpha value is -1.12. The molecule has 1 atom stereocenters. The molecule has 2 N–H and O–H groups in total. The highest BCUT2D eigenvalue weighted by Gasteiger charge is 2.14. The molecule has 2 rings (SSSR count). The zero-order chi connectivity index (χ0) is 11.7. The van der Waals surface area contributed by atoms with Gasteiger partial charge in [-0.3, -0.25) is 0 Å². The maximum Gasteiger partial charge on any atom is 0.0651 e. The van der Waals surface area contributed by atoms with E-state index in [1.165, 1.54) is 26.4 Å². The molecule has 0 aliphatic rings. The monoisotopic (exact) mass is 231 g/mol. The Morgan fingerprint density at radius 2 is 1.62 bits per heavy atom. The number of aryl methyl sites for hydroxylation is 3. The second-order valence-electron chi connectivity index (χ2n) is 4.23. The van der Waals surface area contributed by atoms with E-state index in [-0.39, 0.29) is 6.04 Å². The van der Waals surface area contributed by atoms with Crippen molar-refractivity contribution in [2.24, 2.45) is 5.73 Å². The van der Waals surface area contributed by atoms with Gasteiger partial charge in [0.1, 0.15) is 0 Å². The van der Waals surface area contributed by atoms with Gasteiger partial charge in [-0.1, -0.05) is 18.2 Å². The van der Waals surface area contributed by atoms with Gasteiger partial charge in [0.15, 0.2) is 0 Å². The normalized spacial score (nSPS) is 12.8. The molecule has 1 aromatic carbocycles. The van der Waals surface area contributed by atoms with Crippen LogP contribution < -0.4 is 5.73 Å². The first-order valence-electron chi connectivity index (χ1n) is 5.47. The summed E-state index contributed by atoms with van der Waals surface area (Å²) in [6.45, 7) is 6.37. The van der Waals surface area contributed by atoms with Gasteiger partial charge in [-0.25, -0.2) is 0 Å². The van der Waals surface area contributed by atoms with Crippen molar-refractivity contribution in [3.8, 4) is 0 Å². The summed E-state index contributed by atoms with van der Waals surface area (Å²) in [6.07, 6.45) is 0. The van der Waals surface area contributed by atoms with E-state index in [9.17, 15) is 0 Å². The standard InChI is InChI=1S/C14H17NS/c1-9-5-4-6-10(2)13(9)14(15)12-8-7-11(3)16-12/h4-8,14H,15H2,1-3H3. The van der Waals surface area contributed by atoms with Gasteiger partial charge in [-0.15, -0.1) is 11.3 Å². The quantitative estimate of drug-likeness (QED) is 0.837. The molecule has 0 saturated heterocycles. The van der Waals surface area contributed by atoms with Crippen LogP contribution in [0.15, 0.2) is 30.3 Å². The smallest absolute Gasteiger partial charge is 0.0651 e. The predicted molar refractivity (Wildman–Crippen MR) is 71.0 cm³/mol. The summed E-state index contributed by atoms with van der Waals surface area (Å²) in [5, 5.41) is 0. The van der Waals surface area contributed by atoms with Gasteiger partial charge in [0.05, 0.1) is 6.04 Å². The predicted octanol–water partition coefficient (Wildman–Crippen LogP) is 3.72. The van der Waals surface area contributed by atoms with Gasteiger partial charge < -0.3 is 5.73 Å². The van der Waals surface area contributed by atoms with Crippen molar-refractivity contribution < 1.29 is 0 Å². The lowest BCUT2D eigenvalue weighted by molar-refractivity contribution is 0.871. The zero-order valence-corrected chi connectivity index (χ0v) is 10.8. The van der Waals surface area contributed by atoms with Gasteiger partial charge in [0, 0.05) is 9.75 Å². The molecule has 1 unspecified atom stereocenters. The van der Waals surface area contributed by atoms with Crippen LogP contribution >= 0.6 is 11.3 Å². The van der Waals surface area contributed by atoms with Gasteiger partial charge in [0.2, 0.25) is 0 Å². The van der Waals surface area contributed by atoms with E-state index in [4.69, 9.17) is 5.73 Å². The number of benzene rings is 1. The van der Waals surface area contributed by atoms with E-state index in [0.717, 1.165) is 0 Å². The summed E-state index contributed by atoms with van der Waals surface area (Å²) in [5.41, 5.74) is 10.2. The Kier molecular flexibility index (Phi) is 3.13. The average Bonchev–Trinajstić information content (AvgIpc) is 2.64. The average molecular weight is 231 g/mol. The molecule has 0 bridgehead atoms. The Labute approximate surface area is 101 Å². The summed E-state index contributed by atoms with van der Waals surface area (Å²) in [7, 11) is 0. The second kappa shape index (κ2) is 4.40. The molecular formula is C14H17NS. The number of thiophene rings is 1. The Morgan fingerprint density at radius 1 is 1.00 bits per heavy atom. The molecule has 1 aromatic heterocycles. The van der Waals surface area contributed by atoms with Gasteiger partial charge in [-0.2, -0.15) is 0 Å². The first-order valence-corrected chi connectivity index (χ1v) is 6.29. The molecule has 1 nitrogen and oxygen atoms in total. The highest BCUT2D eigenvalue weighted by Crippen LogP contribution is 2.29. The van der Waals surface area contributed by atoms with Crippen molar-refractivity contribution in [1.82, 2.24) is 0 Å². The van der Waals surface area contributed by atoms with Crippen molar-refractivity contribution in [2.45, 2.75) is 26.8 Å². The fraction of sp³-hybridized carbons (Fsp3) is 0.286. The van der Waals surface area contributed by atoms with E-state index in [2.05, 4.69) is 51.1 Å². The third kappa shape index (κ3) is 2.04. The molecule has 0 aliphatic carbocycles. The van der Waals surface area contributed by atoms with Crippen LogP contribution in [0.2, 0.25) is 0 Å². The van der Waals surface area contributed by atoms with E-state index < -0.39 is 0 Å². The Morgan fingerprint density at radius 3 is 2.12 bits per heavy atom. The maximum absolute atomic E-state index is 6.34. The van der Waals surface area contributed by atoms with E-state index >= 15 is 0 Å². The van der Waals surface area contributed by atoms with Gasteiger partial charge >= 0.3 is 0 Å². The summed E-state index contributed by atoms with van der Waals surface area (Å²) in [4.78, 5) is 2.56. The zero-order valence-electron chi connectivity index (χ0n) is 9.95. The number of rotatable bonds is 2. The topological polar surface area (TPSA) is 26.0 Å². The molecule has 84 valence electrons. The molecule has 0 aliphatic heterocycles. The lowest BCUT2D eigenvalue weighted by Gasteiger charge is -2.16. The third-order valence-electron chi connectivity index (χ3n) is 2.92. The van der Waals surface area contributed by atoms with Crippen LogP contribution in [-0.4, -0.2) is 0 Å². The summed E-state index contributed by atoms with van der Waals surface area (Å²) in [6, 6.07) is 10.6. The van der Waals surface area contributed by atoms with E-state index in [1.807, 2.05) is 0 Å². The van der Waals surface area contributed by atoms with Crippen LogP contribution in [0.3, 0.4) is 0 Å². The van der Waals surface area contributed by atoms with Crippen molar-refractivity contribution >= 4 is 11.3 Å². The molecule has 1 heterocycles. The third-order valence-corrected chi connectivity index (χ3v) is 4.00. The fourth-order valence-electron chi connectivity index (χ4n) is 2.08.